The Labute approximate surface area is 125 Å². The van der Waals surface area contributed by atoms with Crippen LogP contribution in [0.2, 0.25) is 0 Å². The minimum atomic E-state index is -1.08. The minimum Gasteiger partial charge on any atom is -0.479 e. The fourth-order valence-corrected chi connectivity index (χ4v) is 3.59. The van der Waals surface area contributed by atoms with Gasteiger partial charge in [-0.3, -0.25) is 0 Å². The first-order chi connectivity index (χ1) is 9.85. The Morgan fingerprint density at radius 1 is 1.43 bits per heavy atom. The highest BCUT2D eigenvalue weighted by Crippen LogP contribution is 2.45. The summed E-state index contributed by atoms with van der Waals surface area (Å²) in [6, 6.07) is 0. The summed E-state index contributed by atoms with van der Waals surface area (Å²) in [6.45, 7) is 7.96. The summed E-state index contributed by atoms with van der Waals surface area (Å²) in [5, 5.41) is 21.7. The van der Waals surface area contributed by atoms with E-state index in [0.717, 1.165) is 37.9 Å². The maximum absolute atomic E-state index is 11.7. The van der Waals surface area contributed by atoms with E-state index in [0.29, 0.717) is 12.3 Å². The second-order valence-corrected chi connectivity index (χ2v) is 6.93. The van der Waals surface area contributed by atoms with Crippen LogP contribution in [0.1, 0.15) is 72.0 Å². The van der Waals surface area contributed by atoms with Gasteiger partial charge in [-0.2, -0.15) is 0 Å². The lowest BCUT2D eigenvalue weighted by Crippen LogP contribution is -2.43. The molecule has 0 bridgehead atoms. The summed E-state index contributed by atoms with van der Waals surface area (Å²) in [7, 11) is 0. The van der Waals surface area contributed by atoms with Gasteiger partial charge in [0.15, 0.2) is 11.4 Å². The van der Waals surface area contributed by atoms with E-state index >= 15 is 0 Å². The van der Waals surface area contributed by atoms with E-state index in [4.69, 9.17) is 0 Å². The molecule has 1 aromatic rings. The van der Waals surface area contributed by atoms with Crippen LogP contribution in [0.3, 0.4) is 0 Å². The lowest BCUT2D eigenvalue weighted by atomic mass is 9.77. The normalized spacial score (nSPS) is 20.6. The molecule has 0 amide bonds. The van der Waals surface area contributed by atoms with Gasteiger partial charge in [-0.15, -0.1) is 5.10 Å². The third kappa shape index (κ3) is 2.68. The molecule has 1 aliphatic carbocycles. The Kier molecular flexibility index (Phi) is 4.35. The van der Waals surface area contributed by atoms with Crippen LogP contribution in [-0.4, -0.2) is 31.3 Å². The number of carboxylic acid groups (broad SMARTS) is 1. The zero-order valence-electron chi connectivity index (χ0n) is 13.5. The van der Waals surface area contributed by atoms with Crippen molar-refractivity contribution in [3.05, 3.63) is 5.82 Å². The number of carboxylic acids is 1. The molecule has 1 saturated carbocycles. The van der Waals surface area contributed by atoms with E-state index in [2.05, 4.69) is 29.4 Å². The predicted octanol–water partition coefficient (Wildman–Crippen LogP) is 2.74. The molecule has 0 aliphatic heterocycles. The van der Waals surface area contributed by atoms with E-state index < -0.39 is 11.5 Å². The maximum atomic E-state index is 11.7. The SMILES string of the molecule is CCC(C)(C(=O)O)n1nnnc1C1(CC(C)C)CCCC1. The maximum Gasteiger partial charge on any atom is 0.331 e. The lowest BCUT2D eigenvalue weighted by molar-refractivity contribution is -0.147. The molecule has 0 aromatic carbocycles. The average Bonchev–Trinajstić information content (AvgIpc) is 3.05. The number of aromatic nitrogens is 4. The van der Waals surface area contributed by atoms with E-state index in [1.165, 1.54) is 0 Å². The zero-order chi connectivity index (χ0) is 15.7. The van der Waals surface area contributed by atoms with Gasteiger partial charge in [0.2, 0.25) is 0 Å². The van der Waals surface area contributed by atoms with Gasteiger partial charge in [0.25, 0.3) is 0 Å². The Morgan fingerprint density at radius 2 is 2.05 bits per heavy atom. The van der Waals surface area contributed by atoms with Gasteiger partial charge in [-0.25, -0.2) is 9.48 Å². The van der Waals surface area contributed by atoms with Gasteiger partial charge < -0.3 is 5.11 Å². The number of aliphatic carboxylic acids is 1. The van der Waals surface area contributed by atoms with Crippen molar-refractivity contribution in [2.75, 3.05) is 0 Å². The Balaban J connectivity index is 2.49. The highest BCUT2D eigenvalue weighted by molar-refractivity contribution is 5.76. The summed E-state index contributed by atoms with van der Waals surface area (Å²) >= 11 is 0. The smallest absolute Gasteiger partial charge is 0.331 e. The number of rotatable bonds is 6. The average molecular weight is 294 g/mol. The number of hydrogen-bond acceptors (Lipinski definition) is 4. The van der Waals surface area contributed by atoms with Crippen LogP contribution in [0.25, 0.3) is 0 Å². The zero-order valence-corrected chi connectivity index (χ0v) is 13.5. The topological polar surface area (TPSA) is 80.9 Å². The standard InChI is InChI=1S/C15H26N4O2/c1-5-14(4,13(20)21)19-12(16-17-18-19)15(10-11(2)3)8-6-7-9-15/h11H,5-10H2,1-4H3,(H,20,21). The minimum absolute atomic E-state index is 0.0659. The molecule has 21 heavy (non-hydrogen) atoms. The van der Waals surface area contributed by atoms with Crippen LogP contribution in [-0.2, 0) is 15.7 Å². The van der Waals surface area contributed by atoms with Gasteiger partial charge in [-0.1, -0.05) is 33.6 Å². The molecule has 118 valence electrons. The molecule has 1 aromatic heterocycles. The molecule has 1 unspecified atom stereocenters. The van der Waals surface area contributed by atoms with Crippen LogP contribution < -0.4 is 0 Å². The lowest BCUT2D eigenvalue weighted by Gasteiger charge is -2.33. The Bertz CT molecular complexity index is 506. The summed E-state index contributed by atoms with van der Waals surface area (Å²) in [6.07, 6.45) is 5.88. The summed E-state index contributed by atoms with van der Waals surface area (Å²) in [5.41, 5.74) is -1.14. The van der Waals surface area contributed by atoms with Crippen LogP contribution in [0.15, 0.2) is 0 Å². The van der Waals surface area contributed by atoms with Crippen molar-refractivity contribution in [2.45, 2.75) is 77.2 Å². The summed E-state index contributed by atoms with van der Waals surface area (Å²) in [4.78, 5) is 11.7. The Hall–Kier alpha value is -1.46. The van der Waals surface area contributed by atoms with Crippen molar-refractivity contribution in [1.82, 2.24) is 20.2 Å². The number of hydrogen-bond donors (Lipinski definition) is 1. The van der Waals surface area contributed by atoms with Crippen molar-refractivity contribution >= 4 is 5.97 Å². The number of nitrogens with zero attached hydrogens (tertiary/aromatic N) is 4. The largest absolute Gasteiger partial charge is 0.479 e. The molecule has 1 N–H and O–H groups in total. The monoisotopic (exact) mass is 294 g/mol. The predicted molar refractivity (Wildman–Crippen MR) is 79.0 cm³/mol. The van der Waals surface area contributed by atoms with Crippen LogP contribution in [0.5, 0.6) is 0 Å². The van der Waals surface area contributed by atoms with Crippen molar-refractivity contribution in [1.29, 1.82) is 0 Å². The molecule has 6 heteroatoms. The summed E-state index contributed by atoms with van der Waals surface area (Å²) in [5.74, 6) is 0.419. The molecule has 1 heterocycles. The van der Waals surface area contributed by atoms with Crippen LogP contribution >= 0.6 is 0 Å². The molecule has 6 nitrogen and oxygen atoms in total. The first-order valence-corrected chi connectivity index (χ1v) is 7.88. The van der Waals surface area contributed by atoms with Gasteiger partial charge in [0.05, 0.1) is 0 Å². The quantitative estimate of drug-likeness (QED) is 0.872. The molecule has 1 aliphatic rings. The second kappa shape index (κ2) is 5.73. The van der Waals surface area contributed by atoms with E-state index in [1.54, 1.807) is 11.6 Å². The molecule has 0 spiro atoms. The highest BCUT2D eigenvalue weighted by Gasteiger charge is 2.45. The van der Waals surface area contributed by atoms with Crippen LogP contribution in [0.4, 0.5) is 0 Å². The molecule has 1 fully saturated rings. The van der Waals surface area contributed by atoms with E-state index in [-0.39, 0.29) is 5.41 Å². The number of carbonyl (C=O) groups is 1. The third-order valence-corrected chi connectivity index (χ3v) is 4.92. The highest BCUT2D eigenvalue weighted by atomic mass is 16.4. The second-order valence-electron chi connectivity index (χ2n) is 6.93. The van der Waals surface area contributed by atoms with Gasteiger partial charge in [0, 0.05) is 5.41 Å². The Morgan fingerprint density at radius 3 is 2.52 bits per heavy atom. The molecule has 0 saturated heterocycles. The molecular formula is C15H26N4O2. The molecule has 1 atom stereocenters. The number of tetrazole rings is 1. The van der Waals surface area contributed by atoms with Crippen molar-refractivity contribution in [2.24, 2.45) is 5.92 Å². The van der Waals surface area contributed by atoms with Crippen molar-refractivity contribution in [3.8, 4) is 0 Å². The third-order valence-electron chi connectivity index (χ3n) is 4.92. The van der Waals surface area contributed by atoms with Crippen LogP contribution in [0, 0.1) is 5.92 Å². The van der Waals surface area contributed by atoms with Crippen molar-refractivity contribution < 1.29 is 9.90 Å². The van der Waals surface area contributed by atoms with E-state index in [9.17, 15) is 9.90 Å². The molecule has 0 radical (unpaired) electrons. The van der Waals surface area contributed by atoms with Crippen molar-refractivity contribution in [3.63, 3.8) is 0 Å². The van der Waals surface area contributed by atoms with Gasteiger partial charge in [0.1, 0.15) is 0 Å². The van der Waals surface area contributed by atoms with E-state index in [1.807, 2.05) is 6.92 Å². The fraction of sp³-hybridized carbons (Fsp3) is 0.867. The molecule has 2 rings (SSSR count). The van der Waals surface area contributed by atoms with Gasteiger partial charge >= 0.3 is 5.97 Å². The molecular weight excluding hydrogens is 268 g/mol. The first-order valence-electron chi connectivity index (χ1n) is 7.88. The first kappa shape index (κ1) is 15.9. The summed E-state index contributed by atoms with van der Waals surface area (Å²) < 4.78 is 1.57. The fourth-order valence-electron chi connectivity index (χ4n) is 3.59. The van der Waals surface area contributed by atoms with Gasteiger partial charge in [-0.05, 0) is 49.0 Å².